The van der Waals surface area contributed by atoms with E-state index in [1.807, 2.05) is 24.3 Å². The van der Waals surface area contributed by atoms with Crippen molar-refractivity contribution in [3.63, 3.8) is 0 Å². The van der Waals surface area contributed by atoms with Gasteiger partial charge in [-0.05, 0) is 43.6 Å². The van der Waals surface area contributed by atoms with E-state index in [1.165, 1.54) is 11.6 Å². The normalized spacial score (nSPS) is 15.2. The lowest BCUT2D eigenvalue weighted by atomic mass is 10.0. The molecule has 3 nitrogen and oxygen atoms in total. The minimum absolute atomic E-state index is 0.227. The van der Waals surface area contributed by atoms with E-state index in [9.17, 15) is 4.39 Å². The van der Waals surface area contributed by atoms with Gasteiger partial charge in [-0.1, -0.05) is 66.7 Å². The molecule has 0 saturated carbocycles. The molecule has 0 unspecified atom stereocenters. The van der Waals surface area contributed by atoms with Gasteiger partial charge in [0.05, 0.1) is 0 Å². The first-order valence-corrected chi connectivity index (χ1v) is 10.7. The van der Waals surface area contributed by atoms with Crippen LogP contribution < -0.4 is 10.1 Å². The van der Waals surface area contributed by atoms with Gasteiger partial charge >= 0.3 is 0 Å². The molecule has 0 amide bonds. The molecule has 30 heavy (non-hydrogen) atoms. The van der Waals surface area contributed by atoms with Crippen molar-refractivity contribution in [2.45, 2.75) is 38.6 Å². The number of hydrogen-bond donors (Lipinski definition) is 1. The number of likely N-dealkylation sites (tertiary alicyclic amines) is 1. The van der Waals surface area contributed by atoms with E-state index < -0.39 is 0 Å². The molecule has 0 bridgehead atoms. The highest BCUT2D eigenvalue weighted by Crippen LogP contribution is 2.21. The van der Waals surface area contributed by atoms with E-state index in [0.29, 0.717) is 11.6 Å². The third-order valence-electron chi connectivity index (χ3n) is 5.73. The van der Waals surface area contributed by atoms with Crippen LogP contribution in [0.2, 0.25) is 0 Å². The summed E-state index contributed by atoms with van der Waals surface area (Å²) in [7, 11) is 0. The van der Waals surface area contributed by atoms with Crippen molar-refractivity contribution < 1.29 is 9.13 Å². The second-order valence-electron chi connectivity index (χ2n) is 7.90. The molecular weight excluding hydrogens is 375 g/mol. The topological polar surface area (TPSA) is 24.5 Å². The van der Waals surface area contributed by atoms with Crippen LogP contribution in [0.25, 0.3) is 0 Å². The number of rotatable bonds is 8. The number of piperidine rings is 1. The van der Waals surface area contributed by atoms with Crippen LogP contribution in [-0.4, -0.2) is 24.0 Å². The fraction of sp³-hybridized carbons (Fsp3) is 0.308. The Morgan fingerprint density at radius 1 is 0.833 bits per heavy atom. The molecule has 0 aromatic heterocycles. The summed E-state index contributed by atoms with van der Waals surface area (Å²) >= 11 is 0. The number of hydrogen-bond acceptors (Lipinski definition) is 3. The van der Waals surface area contributed by atoms with Crippen LogP contribution in [0.5, 0.6) is 5.75 Å². The van der Waals surface area contributed by atoms with E-state index in [2.05, 4.69) is 46.6 Å². The fourth-order valence-corrected chi connectivity index (χ4v) is 3.95. The summed E-state index contributed by atoms with van der Waals surface area (Å²) in [6, 6.07) is 26.0. The quantitative estimate of drug-likeness (QED) is 0.561. The molecule has 0 atom stereocenters. The van der Waals surface area contributed by atoms with Crippen molar-refractivity contribution in [2.75, 3.05) is 13.1 Å². The smallest absolute Gasteiger partial charge is 0.129 e. The van der Waals surface area contributed by atoms with Crippen LogP contribution in [0.3, 0.4) is 0 Å². The molecule has 3 aromatic carbocycles. The van der Waals surface area contributed by atoms with Crippen LogP contribution in [0.1, 0.15) is 29.5 Å². The molecule has 0 aliphatic carbocycles. The lowest BCUT2D eigenvalue weighted by molar-refractivity contribution is 0.189. The number of para-hydroxylation sites is 1. The number of nitrogens with zero attached hydrogens (tertiary/aromatic N) is 1. The summed E-state index contributed by atoms with van der Waals surface area (Å²) in [6.45, 7) is 4.24. The molecule has 1 saturated heterocycles. The van der Waals surface area contributed by atoms with Crippen LogP contribution in [0, 0.1) is 5.82 Å². The van der Waals surface area contributed by atoms with Gasteiger partial charge in [-0.2, -0.15) is 0 Å². The molecule has 1 aliphatic heterocycles. The molecule has 1 heterocycles. The van der Waals surface area contributed by atoms with Crippen LogP contribution >= 0.6 is 0 Å². The van der Waals surface area contributed by atoms with Crippen molar-refractivity contribution in [1.82, 2.24) is 10.2 Å². The van der Waals surface area contributed by atoms with Crippen molar-refractivity contribution in [3.05, 3.63) is 101 Å². The second-order valence-corrected chi connectivity index (χ2v) is 7.90. The molecule has 1 N–H and O–H groups in total. The number of halogens is 1. The van der Waals surface area contributed by atoms with E-state index in [1.54, 1.807) is 12.1 Å². The Bertz CT molecular complexity index is 923. The first-order chi connectivity index (χ1) is 14.8. The highest BCUT2D eigenvalue weighted by molar-refractivity contribution is 5.33. The summed E-state index contributed by atoms with van der Waals surface area (Å²) < 4.78 is 19.8. The first kappa shape index (κ1) is 20.6. The maximum absolute atomic E-state index is 13.9. The van der Waals surface area contributed by atoms with Gasteiger partial charge < -0.3 is 10.1 Å². The van der Waals surface area contributed by atoms with Crippen LogP contribution in [0.4, 0.5) is 4.39 Å². The second kappa shape index (κ2) is 10.4. The average Bonchev–Trinajstić information content (AvgIpc) is 2.79. The molecule has 0 radical (unpaired) electrons. The molecule has 4 rings (SSSR count). The maximum atomic E-state index is 13.9. The molecule has 1 aliphatic rings. The monoisotopic (exact) mass is 404 g/mol. The van der Waals surface area contributed by atoms with Crippen molar-refractivity contribution in [2.24, 2.45) is 0 Å². The summed E-state index contributed by atoms with van der Waals surface area (Å²) in [6.07, 6.45) is 2.29. The average molecular weight is 405 g/mol. The van der Waals surface area contributed by atoms with Crippen molar-refractivity contribution >= 4 is 0 Å². The van der Waals surface area contributed by atoms with E-state index in [0.717, 1.165) is 50.3 Å². The third-order valence-corrected chi connectivity index (χ3v) is 5.73. The van der Waals surface area contributed by atoms with Gasteiger partial charge in [0.15, 0.2) is 0 Å². The molecule has 4 heteroatoms. The van der Waals surface area contributed by atoms with Gasteiger partial charge in [-0.3, -0.25) is 4.90 Å². The summed E-state index contributed by atoms with van der Waals surface area (Å²) in [5.41, 5.74) is 3.07. The van der Waals surface area contributed by atoms with Crippen LogP contribution in [0.15, 0.2) is 78.9 Å². The third kappa shape index (κ3) is 5.68. The zero-order valence-corrected chi connectivity index (χ0v) is 17.3. The predicted octanol–water partition coefficient (Wildman–Crippen LogP) is 5.16. The molecule has 3 aromatic rings. The van der Waals surface area contributed by atoms with Gasteiger partial charge in [0.2, 0.25) is 0 Å². The minimum Gasteiger partial charge on any atom is -0.488 e. The van der Waals surface area contributed by atoms with Gasteiger partial charge in [0.1, 0.15) is 18.2 Å². The Kier molecular flexibility index (Phi) is 7.11. The van der Waals surface area contributed by atoms with Crippen molar-refractivity contribution in [3.8, 4) is 5.75 Å². The standard InChI is InChI=1S/C26H29FN2O/c27-25-12-6-4-11-23(25)20-30-26-13-7-5-10-22(26)18-28-24-14-16-29(17-15-24)19-21-8-2-1-3-9-21/h1-13,24,28H,14-20H2. The number of benzene rings is 3. The molecule has 156 valence electrons. The highest BCUT2D eigenvalue weighted by Gasteiger charge is 2.19. The molecule has 0 spiro atoms. The van der Waals surface area contributed by atoms with Gasteiger partial charge in [-0.15, -0.1) is 0 Å². The van der Waals surface area contributed by atoms with Crippen molar-refractivity contribution in [1.29, 1.82) is 0 Å². The number of nitrogens with one attached hydrogen (secondary N) is 1. The lowest BCUT2D eigenvalue weighted by Gasteiger charge is -2.32. The zero-order chi connectivity index (χ0) is 20.6. The first-order valence-electron chi connectivity index (χ1n) is 10.7. The Labute approximate surface area is 178 Å². The van der Waals surface area contributed by atoms with Crippen LogP contribution in [-0.2, 0) is 19.7 Å². The Hall–Kier alpha value is -2.69. The van der Waals surface area contributed by atoms with Gasteiger partial charge in [0, 0.05) is 30.3 Å². The van der Waals surface area contributed by atoms with E-state index in [4.69, 9.17) is 4.74 Å². The maximum Gasteiger partial charge on any atom is 0.129 e. The predicted molar refractivity (Wildman–Crippen MR) is 119 cm³/mol. The Morgan fingerprint density at radius 2 is 1.50 bits per heavy atom. The summed E-state index contributed by atoms with van der Waals surface area (Å²) in [4.78, 5) is 2.53. The molecule has 1 fully saturated rings. The largest absolute Gasteiger partial charge is 0.488 e. The van der Waals surface area contributed by atoms with E-state index >= 15 is 0 Å². The van der Waals surface area contributed by atoms with Gasteiger partial charge in [-0.25, -0.2) is 4.39 Å². The van der Waals surface area contributed by atoms with E-state index in [-0.39, 0.29) is 12.4 Å². The highest BCUT2D eigenvalue weighted by atomic mass is 19.1. The Morgan fingerprint density at radius 3 is 2.27 bits per heavy atom. The molecular formula is C26H29FN2O. The Balaban J connectivity index is 1.26. The summed E-state index contributed by atoms with van der Waals surface area (Å²) in [5.74, 6) is 0.588. The van der Waals surface area contributed by atoms with Gasteiger partial charge in [0.25, 0.3) is 0 Å². The lowest BCUT2D eigenvalue weighted by Crippen LogP contribution is -2.41. The minimum atomic E-state index is -0.227. The number of ether oxygens (including phenoxy) is 1. The SMILES string of the molecule is Fc1ccccc1COc1ccccc1CNC1CCN(Cc2ccccc2)CC1. The summed E-state index contributed by atoms with van der Waals surface area (Å²) in [5, 5.41) is 3.69. The zero-order valence-electron chi connectivity index (χ0n) is 17.3. The fourth-order valence-electron chi connectivity index (χ4n) is 3.95.